The maximum absolute atomic E-state index is 13.1. The summed E-state index contributed by atoms with van der Waals surface area (Å²) in [6.07, 6.45) is 1.32. The highest BCUT2D eigenvalue weighted by molar-refractivity contribution is 5.92. The van der Waals surface area contributed by atoms with E-state index in [0.29, 0.717) is 19.1 Å². The Morgan fingerprint density at radius 1 is 1.03 bits per heavy atom. The lowest BCUT2D eigenvalue weighted by molar-refractivity contribution is -0.146. The SMILES string of the molecule is CCCCNC(=O)C(NC(=O)C(CC(=O)NOCc1ccccc1)OCCC(C)C)C(C)(C)C. The quantitative estimate of drug-likeness (QED) is 0.265. The number of hydroxylamine groups is 1. The molecule has 1 aromatic carbocycles. The molecule has 0 aromatic heterocycles. The van der Waals surface area contributed by atoms with Gasteiger partial charge in [0.05, 0.1) is 13.0 Å². The Kier molecular flexibility index (Phi) is 13.4. The van der Waals surface area contributed by atoms with Crippen LogP contribution in [0.1, 0.15) is 72.8 Å². The van der Waals surface area contributed by atoms with Crippen molar-refractivity contribution in [3.05, 3.63) is 35.9 Å². The number of nitrogens with one attached hydrogen (secondary N) is 3. The van der Waals surface area contributed by atoms with Crippen LogP contribution in [0, 0.1) is 11.3 Å². The molecule has 0 aliphatic heterocycles. The van der Waals surface area contributed by atoms with E-state index in [2.05, 4.69) is 30.0 Å². The number of carbonyl (C=O) groups excluding carboxylic acids is 3. The first-order chi connectivity index (χ1) is 16.0. The molecule has 8 heteroatoms. The van der Waals surface area contributed by atoms with Crippen LogP contribution in [0.4, 0.5) is 0 Å². The molecule has 0 bridgehead atoms. The van der Waals surface area contributed by atoms with Crippen molar-refractivity contribution >= 4 is 17.7 Å². The number of unbranched alkanes of at least 4 members (excludes halogenated alkanes) is 1. The fourth-order valence-electron chi connectivity index (χ4n) is 3.06. The fraction of sp³-hybridized carbons (Fsp3) is 0.654. The van der Waals surface area contributed by atoms with Gasteiger partial charge in [0.15, 0.2) is 0 Å². The molecule has 0 radical (unpaired) electrons. The first kappa shape index (κ1) is 29.6. The van der Waals surface area contributed by atoms with Crippen LogP contribution in [-0.2, 0) is 30.6 Å². The number of ether oxygens (including phenoxy) is 1. The highest BCUT2D eigenvalue weighted by Crippen LogP contribution is 2.20. The van der Waals surface area contributed by atoms with Gasteiger partial charge in [-0.15, -0.1) is 0 Å². The Hall–Kier alpha value is -2.45. The maximum atomic E-state index is 13.1. The van der Waals surface area contributed by atoms with Gasteiger partial charge in [-0.3, -0.25) is 19.2 Å². The maximum Gasteiger partial charge on any atom is 0.250 e. The summed E-state index contributed by atoms with van der Waals surface area (Å²) in [5, 5.41) is 5.70. The van der Waals surface area contributed by atoms with Crippen molar-refractivity contribution in [2.75, 3.05) is 13.2 Å². The highest BCUT2D eigenvalue weighted by Gasteiger charge is 2.35. The van der Waals surface area contributed by atoms with Crippen molar-refractivity contribution in [1.29, 1.82) is 0 Å². The predicted octanol–water partition coefficient (Wildman–Crippen LogP) is 3.50. The van der Waals surface area contributed by atoms with Crippen LogP contribution < -0.4 is 16.1 Å². The average Bonchev–Trinajstić information content (AvgIpc) is 2.76. The minimum Gasteiger partial charge on any atom is -0.368 e. The molecular weight excluding hydrogens is 434 g/mol. The summed E-state index contributed by atoms with van der Waals surface area (Å²) in [6.45, 7) is 12.9. The second-order valence-electron chi connectivity index (χ2n) is 10.00. The van der Waals surface area contributed by atoms with E-state index in [1.165, 1.54) is 0 Å². The molecule has 8 nitrogen and oxygen atoms in total. The minimum atomic E-state index is -1.03. The van der Waals surface area contributed by atoms with Gasteiger partial charge in [-0.2, -0.15) is 0 Å². The molecule has 34 heavy (non-hydrogen) atoms. The second-order valence-corrected chi connectivity index (χ2v) is 10.00. The zero-order chi connectivity index (χ0) is 25.6. The fourth-order valence-corrected chi connectivity index (χ4v) is 3.06. The highest BCUT2D eigenvalue weighted by atomic mass is 16.6. The van der Waals surface area contributed by atoms with E-state index in [0.717, 1.165) is 24.8 Å². The van der Waals surface area contributed by atoms with Gasteiger partial charge in [-0.05, 0) is 29.7 Å². The average molecular weight is 478 g/mol. The summed E-state index contributed by atoms with van der Waals surface area (Å²) in [7, 11) is 0. The first-order valence-electron chi connectivity index (χ1n) is 12.2. The van der Waals surface area contributed by atoms with E-state index in [1.54, 1.807) is 0 Å². The van der Waals surface area contributed by atoms with Crippen LogP contribution in [0.2, 0.25) is 0 Å². The van der Waals surface area contributed by atoms with Crippen molar-refractivity contribution in [2.45, 2.75) is 86.0 Å². The standard InChI is InChI=1S/C26H43N3O5/c1-7-8-15-27-25(32)23(26(4,5)6)28-24(31)21(33-16-14-19(2)3)17-22(30)29-34-18-20-12-10-9-11-13-20/h9-13,19,21,23H,7-8,14-18H2,1-6H3,(H,27,32)(H,28,31)(H,29,30). The summed E-state index contributed by atoms with van der Waals surface area (Å²) in [5.41, 5.74) is 2.77. The molecule has 0 spiro atoms. The van der Waals surface area contributed by atoms with Crippen LogP contribution in [0.25, 0.3) is 0 Å². The molecule has 0 saturated carbocycles. The van der Waals surface area contributed by atoms with Crippen LogP contribution in [0.3, 0.4) is 0 Å². The van der Waals surface area contributed by atoms with E-state index in [4.69, 9.17) is 9.57 Å². The van der Waals surface area contributed by atoms with Crippen molar-refractivity contribution in [2.24, 2.45) is 11.3 Å². The van der Waals surface area contributed by atoms with Gasteiger partial charge >= 0.3 is 0 Å². The lowest BCUT2D eigenvalue weighted by atomic mass is 9.86. The summed E-state index contributed by atoms with van der Waals surface area (Å²) < 4.78 is 5.78. The van der Waals surface area contributed by atoms with Crippen molar-refractivity contribution in [1.82, 2.24) is 16.1 Å². The monoisotopic (exact) mass is 477 g/mol. The smallest absolute Gasteiger partial charge is 0.250 e. The number of hydrogen-bond donors (Lipinski definition) is 3. The van der Waals surface area contributed by atoms with Gasteiger partial charge in [0.1, 0.15) is 12.1 Å². The zero-order valence-electron chi connectivity index (χ0n) is 21.6. The number of benzene rings is 1. The van der Waals surface area contributed by atoms with E-state index < -0.39 is 29.4 Å². The van der Waals surface area contributed by atoms with Gasteiger partial charge in [0.2, 0.25) is 17.7 Å². The Morgan fingerprint density at radius 3 is 2.29 bits per heavy atom. The largest absolute Gasteiger partial charge is 0.368 e. The first-order valence-corrected chi connectivity index (χ1v) is 12.2. The summed E-state index contributed by atoms with van der Waals surface area (Å²) in [4.78, 5) is 43.6. The molecule has 0 heterocycles. The molecule has 0 aliphatic rings. The number of hydrogen-bond acceptors (Lipinski definition) is 5. The summed E-state index contributed by atoms with van der Waals surface area (Å²) in [5.74, 6) is -0.822. The molecule has 1 rings (SSSR count). The van der Waals surface area contributed by atoms with E-state index in [9.17, 15) is 14.4 Å². The Morgan fingerprint density at radius 2 is 1.71 bits per heavy atom. The van der Waals surface area contributed by atoms with Gasteiger partial charge in [-0.25, -0.2) is 5.48 Å². The van der Waals surface area contributed by atoms with Gasteiger partial charge in [-0.1, -0.05) is 78.3 Å². The van der Waals surface area contributed by atoms with Gasteiger partial charge in [0, 0.05) is 13.2 Å². The topological polar surface area (TPSA) is 106 Å². The minimum absolute atomic E-state index is 0.210. The second kappa shape index (κ2) is 15.5. The van der Waals surface area contributed by atoms with Gasteiger partial charge < -0.3 is 15.4 Å². The zero-order valence-corrected chi connectivity index (χ0v) is 21.6. The third-order valence-corrected chi connectivity index (χ3v) is 5.19. The molecule has 192 valence electrons. The predicted molar refractivity (Wildman–Crippen MR) is 132 cm³/mol. The van der Waals surface area contributed by atoms with Gasteiger partial charge in [0.25, 0.3) is 0 Å². The molecule has 3 amide bonds. The number of rotatable bonds is 15. The summed E-state index contributed by atoms with van der Waals surface area (Å²) >= 11 is 0. The molecule has 2 atom stereocenters. The molecule has 3 N–H and O–H groups in total. The van der Waals surface area contributed by atoms with E-state index >= 15 is 0 Å². The number of amides is 3. The van der Waals surface area contributed by atoms with Crippen LogP contribution in [-0.4, -0.2) is 43.0 Å². The lowest BCUT2D eigenvalue weighted by Crippen LogP contribution is -2.56. The van der Waals surface area contributed by atoms with Crippen LogP contribution in [0.15, 0.2) is 30.3 Å². The van der Waals surface area contributed by atoms with E-state index in [-0.39, 0.29) is 18.9 Å². The molecule has 0 saturated heterocycles. The van der Waals surface area contributed by atoms with Crippen molar-refractivity contribution < 1.29 is 24.0 Å². The lowest BCUT2D eigenvalue weighted by Gasteiger charge is -2.31. The Balaban J connectivity index is 2.77. The van der Waals surface area contributed by atoms with Crippen molar-refractivity contribution in [3.63, 3.8) is 0 Å². The Bertz CT molecular complexity index is 747. The molecule has 2 unspecified atom stereocenters. The van der Waals surface area contributed by atoms with Crippen LogP contribution in [0.5, 0.6) is 0 Å². The third kappa shape index (κ3) is 12.1. The number of carbonyl (C=O) groups is 3. The Labute approximate surface area is 204 Å². The third-order valence-electron chi connectivity index (χ3n) is 5.19. The van der Waals surface area contributed by atoms with E-state index in [1.807, 2.05) is 58.0 Å². The van der Waals surface area contributed by atoms with Crippen LogP contribution >= 0.6 is 0 Å². The summed E-state index contributed by atoms with van der Waals surface area (Å²) in [6, 6.07) is 8.67. The molecule has 0 fully saturated rings. The molecule has 0 aliphatic carbocycles. The molecular formula is C26H43N3O5. The normalized spacial score (nSPS) is 13.3. The molecule has 1 aromatic rings. The van der Waals surface area contributed by atoms with Crippen molar-refractivity contribution in [3.8, 4) is 0 Å².